The number of hydrogen-bond donors (Lipinski definition) is 1. The molecule has 1 unspecified atom stereocenters. The standard InChI is InChI=1S/C22H26ClN3O/c1-25-16-21(19-6-3-7-20(23)14-19)22(24-25)13-17-4-2-5-18(12-17)15-26-8-10-27-11-9-26/h2-7,12,14,16,22,24H,8-11,13,15H2,1H3. The first-order valence-corrected chi connectivity index (χ1v) is 9.90. The Morgan fingerprint density at radius 2 is 1.85 bits per heavy atom. The van der Waals surface area contributed by atoms with E-state index in [1.54, 1.807) is 0 Å². The average Bonchev–Trinajstić information content (AvgIpc) is 3.03. The molecule has 1 fully saturated rings. The summed E-state index contributed by atoms with van der Waals surface area (Å²) in [4.78, 5) is 2.46. The second-order valence-electron chi connectivity index (χ2n) is 7.30. The third-order valence-corrected chi connectivity index (χ3v) is 5.40. The van der Waals surface area contributed by atoms with Crippen LogP contribution in [0.15, 0.2) is 54.7 Å². The molecule has 0 amide bonds. The smallest absolute Gasteiger partial charge is 0.0594 e. The normalized spacial score (nSPS) is 20.7. The molecule has 27 heavy (non-hydrogen) atoms. The summed E-state index contributed by atoms with van der Waals surface area (Å²) >= 11 is 6.21. The van der Waals surface area contributed by atoms with Crippen molar-refractivity contribution < 1.29 is 4.74 Å². The van der Waals surface area contributed by atoms with E-state index in [0.717, 1.165) is 44.3 Å². The molecule has 0 aromatic heterocycles. The number of ether oxygens (including phenoxy) is 1. The van der Waals surface area contributed by atoms with E-state index in [-0.39, 0.29) is 6.04 Å². The fraction of sp³-hybridized carbons (Fsp3) is 0.364. The molecule has 4 rings (SSSR count). The van der Waals surface area contributed by atoms with Gasteiger partial charge in [0.1, 0.15) is 0 Å². The van der Waals surface area contributed by atoms with Crippen molar-refractivity contribution in [2.24, 2.45) is 0 Å². The van der Waals surface area contributed by atoms with Crippen LogP contribution in [0.5, 0.6) is 0 Å². The van der Waals surface area contributed by atoms with Gasteiger partial charge in [-0.05, 0) is 40.8 Å². The number of nitrogens with one attached hydrogen (secondary N) is 1. The molecule has 142 valence electrons. The second kappa shape index (κ2) is 8.44. The van der Waals surface area contributed by atoms with Gasteiger partial charge in [-0.3, -0.25) is 4.90 Å². The van der Waals surface area contributed by atoms with E-state index in [1.807, 2.05) is 30.3 Å². The molecular formula is C22H26ClN3O. The number of rotatable bonds is 5. The molecule has 2 heterocycles. The Labute approximate surface area is 166 Å². The molecule has 0 radical (unpaired) electrons. The third-order valence-electron chi connectivity index (χ3n) is 5.17. The number of hydrogen-bond acceptors (Lipinski definition) is 4. The molecule has 0 saturated carbocycles. The molecule has 0 bridgehead atoms. The Hall–Kier alpha value is -1.85. The highest BCUT2D eigenvalue weighted by Gasteiger charge is 2.24. The molecule has 1 N–H and O–H groups in total. The SMILES string of the molecule is CN1C=C(c2cccc(Cl)c2)C(Cc2cccc(CN3CCOCC3)c2)N1. The summed E-state index contributed by atoms with van der Waals surface area (Å²) in [6.07, 6.45) is 3.10. The lowest BCUT2D eigenvalue weighted by Crippen LogP contribution is -2.36. The van der Waals surface area contributed by atoms with Crippen LogP contribution < -0.4 is 5.43 Å². The average molecular weight is 384 g/mol. The molecular weight excluding hydrogens is 358 g/mol. The van der Waals surface area contributed by atoms with Crippen LogP contribution in [0.1, 0.15) is 16.7 Å². The van der Waals surface area contributed by atoms with Gasteiger partial charge in [-0.15, -0.1) is 0 Å². The number of halogens is 1. The van der Waals surface area contributed by atoms with Gasteiger partial charge >= 0.3 is 0 Å². The van der Waals surface area contributed by atoms with Crippen LogP contribution in [0.25, 0.3) is 5.57 Å². The van der Waals surface area contributed by atoms with Gasteiger partial charge in [0.2, 0.25) is 0 Å². The number of hydrazine groups is 1. The van der Waals surface area contributed by atoms with Crippen LogP contribution in [0, 0.1) is 0 Å². The lowest BCUT2D eigenvalue weighted by molar-refractivity contribution is 0.0342. The molecule has 2 aromatic rings. The topological polar surface area (TPSA) is 27.7 Å². The molecule has 1 atom stereocenters. The predicted octanol–water partition coefficient (Wildman–Crippen LogP) is 3.57. The third kappa shape index (κ3) is 4.71. The van der Waals surface area contributed by atoms with E-state index in [9.17, 15) is 0 Å². The maximum Gasteiger partial charge on any atom is 0.0594 e. The van der Waals surface area contributed by atoms with Gasteiger partial charge < -0.3 is 9.75 Å². The molecule has 2 aromatic carbocycles. The Bertz CT molecular complexity index is 817. The Kier molecular flexibility index (Phi) is 5.79. The lowest BCUT2D eigenvalue weighted by Gasteiger charge is -2.26. The zero-order valence-electron chi connectivity index (χ0n) is 15.7. The van der Waals surface area contributed by atoms with Crippen molar-refractivity contribution >= 4 is 17.2 Å². The first-order valence-electron chi connectivity index (χ1n) is 9.52. The zero-order valence-corrected chi connectivity index (χ0v) is 16.5. The Balaban J connectivity index is 1.48. The molecule has 2 aliphatic heterocycles. The zero-order chi connectivity index (χ0) is 18.6. The van der Waals surface area contributed by atoms with E-state index < -0.39 is 0 Å². The van der Waals surface area contributed by atoms with E-state index in [0.29, 0.717) is 0 Å². The van der Waals surface area contributed by atoms with Gasteiger partial charge in [0, 0.05) is 37.9 Å². The highest BCUT2D eigenvalue weighted by molar-refractivity contribution is 6.30. The summed E-state index contributed by atoms with van der Waals surface area (Å²) in [5.74, 6) is 0. The summed E-state index contributed by atoms with van der Waals surface area (Å²) in [6.45, 7) is 4.70. The summed E-state index contributed by atoms with van der Waals surface area (Å²) < 4.78 is 5.45. The van der Waals surface area contributed by atoms with E-state index >= 15 is 0 Å². The summed E-state index contributed by atoms with van der Waals surface area (Å²) in [7, 11) is 2.04. The Morgan fingerprint density at radius 3 is 2.67 bits per heavy atom. The van der Waals surface area contributed by atoms with Crippen LogP contribution in [-0.4, -0.2) is 49.3 Å². The van der Waals surface area contributed by atoms with Gasteiger partial charge in [0.05, 0.1) is 19.3 Å². The first-order chi connectivity index (χ1) is 13.2. The number of morpholine rings is 1. The van der Waals surface area contributed by atoms with Crippen molar-refractivity contribution in [1.82, 2.24) is 15.3 Å². The number of nitrogens with zero attached hydrogens (tertiary/aromatic N) is 2. The molecule has 5 heteroatoms. The molecule has 0 aliphatic carbocycles. The molecule has 2 aliphatic rings. The van der Waals surface area contributed by atoms with Crippen molar-refractivity contribution in [2.75, 3.05) is 33.4 Å². The molecule has 0 spiro atoms. The van der Waals surface area contributed by atoms with Crippen LogP contribution in [0.3, 0.4) is 0 Å². The molecule has 4 nitrogen and oxygen atoms in total. The minimum atomic E-state index is 0.243. The summed E-state index contributed by atoms with van der Waals surface area (Å²) in [5.41, 5.74) is 8.71. The lowest BCUT2D eigenvalue weighted by atomic mass is 9.94. The van der Waals surface area contributed by atoms with Crippen LogP contribution in [-0.2, 0) is 17.7 Å². The highest BCUT2D eigenvalue weighted by Crippen LogP contribution is 2.28. The van der Waals surface area contributed by atoms with E-state index in [2.05, 4.69) is 46.9 Å². The van der Waals surface area contributed by atoms with Crippen molar-refractivity contribution in [1.29, 1.82) is 0 Å². The number of benzene rings is 2. The largest absolute Gasteiger partial charge is 0.379 e. The Morgan fingerprint density at radius 1 is 1.07 bits per heavy atom. The van der Waals surface area contributed by atoms with Crippen molar-refractivity contribution in [3.63, 3.8) is 0 Å². The fourth-order valence-corrected chi connectivity index (χ4v) is 4.05. The predicted molar refractivity (Wildman–Crippen MR) is 110 cm³/mol. The minimum Gasteiger partial charge on any atom is -0.379 e. The molecule has 1 saturated heterocycles. The fourth-order valence-electron chi connectivity index (χ4n) is 3.86. The maximum absolute atomic E-state index is 6.21. The van der Waals surface area contributed by atoms with Crippen molar-refractivity contribution in [2.45, 2.75) is 19.0 Å². The van der Waals surface area contributed by atoms with Gasteiger partial charge in [-0.1, -0.05) is 48.0 Å². The first kappa shape index (κ1) is 18.5. The van der Waals surface area contributed by atoms with Crippen LogP contribution in [0.4, 0.5) is 0 Å². The van der Waals surface area contributed by atoms with Crippen LogP contribution in [0.2, 0.25) is 5.02 Å². The van der Waals surface area contributed by atoms with Crippen molar-refractivity contribution in [3.8, 4) is 0 Å². The summed E-state index contributed by atoms with van der Waals surface area (Å²) in [6, 6.07) is 17.3. The van der Waals surface area contributed by atoms with E-state index in [1.165, 1.54) is 22.3 Å². The monoisotopic (exact) mass is 383 g/mol. The van der Waals surface area contributed by atoms with Gasteiger partial charge in [0.25, 0.3) is 0 Å². The summed E-state index contributed by atoms with van der Waals surface area (Å²) in [5, 5.41) is 2.81. The van der Waals surface area contributed by atoms with E-state index in [4.69, 9.17) is 16.3 Å². The maximum atomic E-state index is 6.21. The quantitative estimate of drug-likeness (QED) is 0.854. The van der Waals surface area contributed by atoms with Crippen LogP contribution >= 0.6 is 11.6 Å². The van der Waals surface area contributed by atoms with Gasteiger partial charge in [-0.2, -0.15) is 0 Å². The second-order valence-corrected chi connectivity index (χ2v) is 7.74. The highest BCUT2D eigenvalue weighted by atomic mass is 35.5. The van der Waals surface area contributed by atoms with Gasteiger partial charge in [-0.25, -0.2) is 5.43 Å². The van der Waals surface area contributed by atoms with Gasteiger partial charge in [0.15, 0.2) is 0 Å². The minimum absolute atomic E-state index is 0.243. The van der Waals surface area contributed by atoms with Crippen molar-refractivity contribution in [3.05, 3.63) is 76.4 Å².